The summed E-state index contributed by atoms with van der Waals surface area (Å²) in [5.74, 6) is 0. The fourth-order valence-corrected chi connectivity index (χ4v) is 3.20. The Balaban J connectivity index is 1.89. The zero-order chi connectivity index (χ0) is 18.1. The molecule has 1 aliphatic rings. The third kappa shape index (κ3) is 4.72. The Kier molecular flexibility index (Phi) is 5.28. The van der Waals surface area contributed by atoms with Crippen molar-refractivity contribution in [1.82, 2.24) is 20.0 Å². The number of nitrogens with one attached hydrogen (secondary N) is 1. The van der Waals surface area contributed by atoms with E-state index in [2.05, 4.69) is 30.5 Å². The Morgan fingerprint density at radius 1 is 1.50 bits per heavy atom. The average Bonchev–Trinajstić information content (AvgIpc) is 2.98. The van der Waals surface area contributed by atoms with Gasteiger partial charge in [0, 0.05) is 44.5 Å². The second kappa shape index (κ2) is 6.75. The van der Waals surface area contributed by atoms with Crippen molar-refractivity contribution >= 4 is 6.09 Å². The standard InChI is InChI=1S/C18H32N4O2/c1-13(15-10-21(7)20-14(15)2)19-11-18(6)8-9-22(12-18)16(23)24-17(3,4)5/h10,13,19H,8-9,11-12H2,1-7H3/t13-,18-/m1/s1. The number of hydrogen-bond acceptors (Lipinski definition) is 4. The Bertz CT molecular complexity index is 590. The van der Waals surface area contributed by atoms with Gasteiger partial charge in [0.2, 0.25) is 0 Å². The molecule has 0 aliphatic carbocycles. The van der Waals surface area contributed by atoms with Gasteiger partial charge >= 0.3 is 6.09 Å². The summed E-state index contributed by atoms with van der Waals surface area (Å²) in [6, 6.07) is 0.242. The number of ether oxygens (including phenoxy) is 1. The Morgan fingerprint density at radius 3 is 2.71 bits per heavy atom. The third-order valence-corrected chi connectivity index (χ3v) is 4.56. The van der Waals surface area contributed by atoms with E-state index in [1.165, 1.54) is 5.56 Å². The maximum Gasteiger partial charge on any atom is 0.410 e. The number of carbonyl (C=O) groups is 1. The molecular weight excluding hydrogens is 304 g/mol. The molecule has 1 saturated heterocycles. The molecule has 1 amide bonds. The van der Waals surface area contributed by atoms with Crippen LogP contribution >= 0.6 is 0 Å². The fraction of sp³-hybridized carbons (Fsp3) is 0.778. The molecule has 1 aromatic rings. The number of nitrogens with zero attached hydrogens (tertiary/aromatic N) is 3. The molecule has 136 valence electrons. The largest absolute Gasteiger partial charge is 0.444 e. The lowest BCUT2D eigenvalue weighted by molar-refractivity contribution is 0.0275. The first-order chi connectivity index (χ1) is 11.0. The highest BCUT2D eigenvalue weighted by Gasteiger charge is 2.37. The minimum Gasteiger partial charge on any atom is -0.444 e. The Hall–Kier alpha value is -1.56. The molecule has 0 aromatic carbocycles. The number of likely N-dealkylation sites (tertiary alicyclic amines) is 1. The van der Waals surface area contributed by atoms with E-state index in [4.69, 9.17) is 4.74 Å². The van der Waals surface area contributed by atoms with Gasteiger partial charge < -0.3 is 15.0 Å². The first kappa shape index (κ1) is 18.8. The second-order valence-electron chi connectivity index (χ2n) is 8.41. The van der Waals surface area contributed by atoms with Crippen molar-refractivity contribution in [1.29, 1.82) is 0 Å². The lowest BCUT2D eigenvalue weighted by Crippen LogP contribution is -2.39. The van der Waals surface area contributed by atoms with Crippen molar-refractivity contribution in [2.75, 3.05) is 19.6 Å². The van der Waals surface area contributed by atoms with E-state index in [9.17, 15) is 4.79 Å². The average molecular weight is 336 g/mol. The van der Waals surface area contributed by atoms with E-state index in [0.29, 0.717) is 0 Å². The van der Waals surface area contributed by atoms with Crippen LogP contribution in [0.15, 0.2) is 6.20 Å². The first-order valence-electron chi connectivity index (χ1n) is 8.71. The van der Waals surface area contributed by atoms with Crippen LogP contribution in [0.25, 0.3) is 0 Å². The fourth-order valence-electron chi connectivity index (χ4n) is 3.20. The van der Waals surface area contributed by atoms with Gasteiger partial charge in [-0.3, -0.25) is 4.68 Å². The summed E-state index contributed by atoms with van der Waals surface area (Å²) in [5.41, 5.74) is 1.91. The smallest absolute Gasteiger partial charge is 0.410 e. The predicted octanol–water partition coefficient (Wildman–Crippen LogP) is 3.03. The molecule has 1 aromatic heterocycles. The molecule has 0 saturated carbocycles. The van der Waals surface area contributed by atoms with Gasteiger partial charge in [-0.25, -0.2) is 4.79 Å². The van der Waals surface area contributed by atoms with E-state index in [-0.39, 0.29) is 17.6 Å². The van der Waals surface area contributed by atoms with Crippen LogP contribution in [-0.4, -0.2) is 46.0 Å². The summed E-state index contributed by atoms with van der Waals surface area (Å²) in [7, 11) is 1.94. The molecule has 1 fully saturated rings. The van der Waals surface area contributed by atoms with Crippen LogP contribution in [-0.2, 0) is 11.8 Å². The highest BCUT2D eigenvalue weighted by molar-refractivity contribution is 5.68. The van der Waals surface area contributed by atoms with Gasteiger partial charge in [-0.1, -0.05) is 6.92 Å². The molecule has 0 unspecified atom stereocenters. The van der Waals surface area contributed by atoms with Crippen LogP contribution < -0.4 is 5.32 Å². The number of amides is 1. The van der Waals surface area contributed by atoms with E-state index in [1.807, 2.05) is 44.3 Å². The van der Waals surface area contributed by atoms with Crippen LogP contribution in [0, 0.1) is 12.3 Å². The van der Waals surface area contributed by atoms with Gasteiger partial charge in [0.05, 0.1) is 5.69 Å². The molecule has 1 aliphatic heterocycles. The molecule has 0 radical (unpaired) electrons. The Labute approximate surface area is 145 Å². The maximum absolute atomic E-state index is 12.2. The molecule has 2 heterocycles. The van der Waals surface area contributed by atoms with E-state index in [1.54, 1.807) is 0 Å². The summed E-state index contributed by atoms with van der Waals surface area (Å²) >= 11 is 0. The minimum absolute atomic E-state index is 0.0707. The maximum atomic E-state index is 12.2. The van der Waals surface area contributed by atoms with Gasteiger partial charge in [-0.05, 0) is 46.5 Å². The van der Waals surface area contributed by atoms with Crippen molar-refractivity contribution < 1.29 is 9.53 Å². The zero-order valence-corrected chi connectivity index (χ0v) is 16.1. The molecule has 0 spiro atoms. The van der Waals surface area contributed by atoms with Crippen molar-refractivity contribution in [3.05, 3.63) is 17.5 Å². The SMILES string of the molecule is Cc1nn(C)cc1[C@@H](C)NC[C@@]1(C)CCN(C(=O)OC(C)(C)C)C1. The van der Waals surface area contributed by atoms with Crippen LogP contribution in [0.2, 0.25) is 0 Å². The van der Waals surface area contributed by atoms with E-state index >= 15 is 0 Å². The molecule has 2 atom stereocenters. The van der Waals surface area contributed by atoms with Crippen LogP contribution in [0.3, 0.4) is 0 Å². The van der Waals surface area contributed by atoms with Crippen LogP contribution in [0.1, 0.15) is 58.3 Å². The number of rotatable bonds is 4. The van der Waals surface area contributed by atoms with Gasteiger partial charge in [0.15, 0.2) is 0 Å². The monoisotopic (exact) mass is 336 g/mol. The molecule has 6 nitrogen and oxygen atoms in total. The highest BCUT2D eigenvalue weighted by atomic mass is 16.6. The number of aryl methyl sites for hydroxylation is 2. The lowest BCUT2D eigenvalue weighted by Gasteiger charge is -2.28. The van der Waals surface area contributed by atoms with Crippen LogP contribution in [0.5, 0.6) is 0 Å². The van der Waals surface area contributed by atoms with E-state index in [0.717, 1.165) is 31.7 Å². The van der Waals surface area contributed by atoms with Gasteiger partial charge in [-0.15, -0.1) is 0 Å². The molecular formula is C18H32N4O2. The molecule has 2 rings (SSSR count). The minimum atomic E-state index is -0.444. The van der Waals surface area contributed by atoms with Gasteiger partial charge in [0.25, 0.3) is 0 Å². The first-order valence-corrected chi connectivity index (χ1v) is 8.71. The normalized spacial score (nSPS) is 22.7. The predicted molar refractivity (Wildman–Crippen MR) is 94.9 cm³/mol. The lowest BCUT2D eigenvalue weighted by atomic mass is 9.89. The van der Waals surface area contributed by atoms with Gasteiger partial charge in [-0.2, -0.15) is 5.10 Å². The van der Waals surface area contributed by atoms with Crippen molar-refractivity contribution in [2.24, 2.45) is 12.5 Å². The zero-order valence-electron chi connectivity index (χ0n) is 16.1. The summed E-state index contributed by atoms with van der Waals surface area (Å²) in [6.07, 6.45) is 2.84. The molecule has 0 bridgehead atoms. The molecule has 6 heteroatoms. The van der Waals surface area contributed by atoms with Crippen LogP contribution in [0.4, 0.5) is 4.79 Å². The number of hydrogen-bond donors (Lipinski definition) is 1. The molecule has 1 N–H and O–H groups in total. The van der Waals surface area contributed by atoms with Crippen molar-refractivity contribution in [3.63, 3.8) is 0 Å². The van der Waals surface area contributed by atoms with Gasteiger partial charge in [0.1, 0.15) is 5.60 Å². The topological polar surface area (TPSA) is 59.4 Å². The summed E-state index contributed by atoms with van der Waals surface area (Å²) in [4.78, 5) is 14.1. The third-order valence-electron chi connectivity index (χ3n) is 4.56. The van der Waals surface area contributed by atoms with Crippen molar-refractivity contribution in [2.45, 2.75) is 59.6 Å². The quantitative estimate of drug-likeness (QED) is 0.918. The highest BCUT2D eigenvalue weighted by Crippen LogP contribution is 2.31. The van der Waals surface area contributed by atoms with Crippen molar-refractivity contribution in [3.8, 4) is 0 Å². The summed E-state index contributed by atoms with van der Waals surface area (Å²) in [5, 5.41) is 8.02. The summed E-state index contributed by atoms with van der Waals surface area (Å²) in [6.45, 7) is 14.5. The summed E-state index contributed by atoms with van der Waals surface area (Å²) < 4.78 is 7.34. The van der Waals surface area contributed by atoms with E-state index < -0.39 is 5.60 Å². The number of carbonyl (C=O) groups excluding carboxylic acids is 1. The Morgan fingerprint density at radius 2 is 2.17 bits per heavy atom. The number of aromatic nitrogens is 2. The second-order valence-corrected chi connectivity index (χ2v) is 8.41. The molecule has 24 heavy (non-hydrogen) atoms.